The van der Waals surface area contributed by atoms with Crippen LogP contribution >= 0.6 is 0 Å². The average Bonchev–Trinajstić information content (AvgIpc) is 2.53. The maximum atomic E-state index is 12.8. The number of nitrogens with zero attached hydrogens (tertiary/aromatic N) is 2. The fourth-order valence-electron chi connectivity index (χ4n) is 2.41. The molecule has 0 saturated heterocycles. The number of carbonyl (C=O) groups is 1. The fraction of sp³-hybridized carbons (Fsp3) is 0.0588. The number of nitrogens with two attached hydrogens (primary N) is 1. The summed E-state index contributed by atoms with van der Waals surface area (Å²) in [6.07, 6.45) is 3.17. The Hall–Kier alpha value is -2.88. The van der Waals surface area contributed by atoms with Crippen molar-refractivity contribution < 1.29 is 4.79 Å². The summed E-state index contributed by atoms with van der Waals surface area (Å²) in [5, 5.41) is 1.98. The van der Waals surface area contributed by atoms with Crippen LogP contribution in [0.1, 0.15) is 10.4 Å². The molecule has 4 nitrogen and oxygen atoms in total. The van der Waals surface area contributed by atoms with Gasteiger partial charge in [-0.25, -0.2) is 0 Å². The number of hydrogen-bond donors (Lipinski definition) is 1. The molecular weight excluding hydrogens is 262 g/mol. The molecule has 0 bridgehead atoms. The van der Waals surface area contributed by atoms with Gasteiger partial charge >= 0.3 is 0 Å². The summed E-state index contributed by atoms with van der Waals surface area (Å²) in [5.41, 5.74) is 7.69. The zero-order valence-corrected chi connectivity index (χ0v) is 11.7. The van der Waals surface area contributed by atoms with Crippen LogP contribution in [0.4, 0.5) is 11.4 Å². The molecule has 0 unspecified atom stereocenters. The molecule has 0 saturated carbocycles. The van der Waals surface area contributed by atoms with E-state index in [1.807, 2.05) is 42.5 Å². The summed E-state index contributed by atoms with van der Waals surface area (Å²) in [7, 11) is 1.72. The molecule has 104 valence electrons. The number of nitrogen functional groups attached to an aromatic ring is 1. The van der Waals surface area contributed by atoms with Gasteiger partial charge in [0.1, 0.15) is 0 Å². The third kappa shape index (κ3) is 2.31. The standard InChI is InChI=1S/C17H15N3O/c1-20(16-9-10-19-11-15(16)18)17(21)14-8-4-6-12-5-2-3-7-13(12)14/h2-11H,18H2,1H3. The van der Waals surface area contributed by atoms with Crippen LogP contribution < -0.4 is 10.6 Å². The summed E-state index contributed by atoms with van der Waals surface area (Å²) in [6, 6.07) is 15.3. The third-order valence-electron chi connectivity index (χ3n) is 3.51. The minimum atomic E-state index is -0.0929. The molecule has 3 aromatic rings. The molecule has 0 fully saturated rings. The summed E-state index contributed by atoms with van der Waals surface area (Å²) < 4.78 is 0. The third-order valence-corrected chi connectivity index (χ3v) is 3.51. The highest BCUT2D eigenvalue weighted by Crippen LogP contribution is 2.25. The van der Waals surface area contributed by atoms with Crippen LogP contribution in [0.15, 0.2) is 60.9 Å². The van der Waals surface area contributed by atoms with E-state index in [2.05, 4.69) is 4.98 Å². The van der Waals surface area contributed by atoms with Gasteiger partial charge in [0, 0.05) is 18.8 Å². The number of carbonyl (C=O) groups excluding carboxylic acids is 1. The quantitative estimate of drug-likeness (QED) is 0.783. The normalized spacial score (nSPS) is 10.5. The molecule has 0 atom stereocenters. The van der Waals surface area contributed by atoms with Crippen molar-refractivity contribution in [2.45, 2.75) is 0 Å². The summed E-state index contributed by atoms with van der Waals surface area (Å²) in [4.78, 5) is 18.3. The highest BCUT2D eigenvalue weighted by molar-refractivity contribution is 6.14. The second-order valence-corrected chi connectivity index (χ2v) is 4.83. The number of amides is 1. The Morgan fingerprint density at radius 1 is 1.10 bits per heavy atom. The van der Waals surface area contributed by atoms with Crippen LogP contribution in [0.25, 0.3) is 10.8 Å². The number of anilines is 2. The molecule has 2 N–H and O–H groups in total. The maximum Gasteiger partial charge on any atom is 0.258 e. The second-order valence-electron chi connectivity index (χ2n) is 4.83. The van der Waals surface area contributed by atoms with Crippen molar-refractivity contribution in [3.63, 3.8) is 0 Å². The molecule has 1 amide bonds. The van der Waals surface area contributed by atoms with Crippen LogP contribution in [0, 0.1) is 0 Å². The summed E-state index contributed by atoms with van der Waals surface area (Å²) in [6.45, 7) is 0. The molecule has 3 rings (SSSR count). The highest BCUT2D eigenvalue weighted by atomic mass is 16.2. The lowest BCUT2D eigenvalue weighted by molar-refractivity contribution is 0.0994. The molecule has 2 aromatic carbocycles. The first kappa shape index (κ1) is 13.1. The molecule has 0 radical (unpaired) electrons. The minimum Gasteiger partial charge on any atom is -0.396 e. The Kier molecular flexibility index (Phi) is 3.28. The first-order valence-electron chi connectivity index (χ1n) is 6.64. The van der Waals surface area contributed by atoms with E-state index in [1.165, 1.54) is 0 Å². The molecule has 0 aliphatic carbocycles. The molecule has 0 spiro atoms. The SMILES string of the molecule is CN(C(=O)c1cccc2ccccc12)c1ccncc1N. The number of rotatable bonds is 2. The molecule has 1 heterocycles. The van der Waals surface area contributed by atoms with E-state index < -0.39 is 0 Å². The minimum absolute atomic E-state index is 0.0929. The molecule has 1 aromatic heterocycles. The Morgan fingerprint density at radius 2 is 1.86 bits per heavy atom. The van der Waals surface area contributed by atoms with Gasteiger partial charge in [-0.05, 0) is 22.9 Å². The topological polar surface area (TPSA) is 59.2 Å². The second kappa shape index (κ2) is 5.25. The Morgan fingerprint density at radius 3 is 2.67 bits per heavy atom. The van der Waals surface area contributed by atoms with E-state index in [0.29, 0.717) is 16.9 Å². The van der Waals surface area contributed by atoms with E-state index >= 15 is 0 Å². The lowest BCUT2D eigenvalue weighted by Crippen LogP contribution is -2.27. The fourth-order valence-corrected chi connectivity index (χ4v) is 2.41. The highest BCUT2D eigenvalue weighted by Gasteiger charge is 2.17. The Labute approximate surface area is 122 Å². The summed E-state index contributed by atoms with van der Waals surface area (Å²) >= 11 is 0. The molecule has 0 aliphatic rings. The predicted octanol–water partition coefficient (Wildman–Crippen LogP) is 3.09. The number of fused-ring (bicyclic) bond motifs is 1. The van der Waals surface area contributed by atoms with Crippen molar-refractivity contribution in [2.75, 3.05) is 17.7 Å². The number of aromatic nitrogens is 1. The van der Waals surface area contributed by atoms with E-state index in [-0.39, 0.29) is 5.91 Å². The lowest BCUT2D eigenvalue weighted by Gasteiger charge is -2.19. The van der Waals surface area contributed by atoms with Crippen molar-refractivity contribution in [1.29, 1.82) is 0 Å². The van der Waals surface area contributed by atoms with Crippen molar-refractivity contribution in [1.82, 2.24) is 4.98 Å². The van der Waals surface area contributed by atoms with E-state index in [4.69, 9.17) is 5.73 Å². The van der Waals surface area contributed by atoms with Crippen molar-refractivity contribution in [3.8, 4) is 0 Å². The van der Waals surface area contributed by atoms with Crippen LogP contribution in [0.2, 0.25) is 0 Å². The first-order chi connectivity index (χ1) is 10.2. The summed E-state index contributed by atoms with van der Waals surface area (Å²) in [5.74, 6) is -0.0929. The van der Waals surface area contributed by atoms with Crippen molar-refractivity contribution in [2.24, 2.45) is 0 Å². The van der Waals surface area contributed by atoms with Gasteiger partial charge < -0.3 is 10.6 Å². The Bertz CT molecular complexity index is 808. The largest absolute Gasteiger partial charge is 0.396 e. The number of pyridine rings is 1. The van der Waals surface area contributed by atoms with Gasteiger partial charge in [0.05, 0.1) is 17.6 Å². The van der Waals surface area contributed by atoms with Gasteiger partial charge in [0.2, 0.25) is 0 Å². The van der Waals surface area contributed by atoms with Gasteiger partial charge in [-0.3, -0.25) is 9.78 Å². The molecular formula is C17H15N3O. The number of benzene rings is 2. The van der Waals surface area contributed by atoms with Gasteiger partial charge in [-0.1, -0.05) is 36.4 Å². The van der Waals surface area contributed by atoms with Crippen LogP contribution in [0.3, 0.4) is 0 Å². The zero-order valence-electron chi connectivity index (χ0n) is 11.7. The van der Waals surface area contributed by atoms with Crippen LogP contribution in [0.5, 0.6) is 0 Å². The van der Waals surface area contributed by atoms with Crippen LogP contribution in [-0.4, -0.2) is 17.9 Å². The van der Waals surface area contributed by atoms with Gasteiger partial charge in [-0.2, -0.15) is 0 Å². The van der Waals surface area contributed by atoms with Gasteiger partial charge in [-0.15, -0.1) is 0 Å². The average molecular weight is 277 g/mol. The Balaban J connectivity index is 2.07. The molecule has 0 aliphatic heterocycles. The van der Waals surface area contributed by atoms with Crippen molar-refractivity contribution >= 4 is 28.1 Å². The molecule has 21 heavy (non-hydrogen) atoms. The van der Waals surface area contributed by atoms with Crippen LogP contribution in [-0.2, 0) is 0 Å². The number of hydrogen-bond acceptors (Lipinski definition) is 3. The molecule has 4 heteroatoms. The monoisotopic (exact) mass is 277 g/mol. The van der Waals surface area contributed by atoms with Gasteiger partial charge in [0.25, 0.3) is 5.91 Å². The lowest BCUT2D eigenvalue weighted by atomic mass is 10.0. The smallest absolute Gasteiger partial charge is 0.258 e. The van der Waals surface area contributed by atoms with E-state index in [1.54, 1.807) is 30.4 Å². The maximum absolute atomic E-state index is 12.8. The van der Waals surface area contributed by atoms with Crippen molar-refractivity contribution in [3.05, 3.63) is 66.5 Å². The van der Waals surface area contributed by atoms with E-state index in [0.717, 1.165) is 10.8 Å². The first-order valence-corrected chi connectivity index (χ1v) is 6.64. The van der Waals surface area contributed by atoms with E-state index in [9.17, 15) is 4.79 Å². The zero-order chi connectivity index (χ0) is 14.8. The predicted molar refractivity (Wildman–Crippen MR) is 85.3 cm³/mol. The van der Waals surface area contributed by atoms with Gasteiger partial charge in [0.15, 0.2) is 0 Å².